The number of hydrogen-bond acceptors (Lipinski definition) is 5. The molecule has 0 bridgehead atoms. The second-order valence-electron chi connectivity index (χ2n) is 9.53. The standard InChI is InChI=1S/C23H32N2O6/c1-22(2,3)31-20(28)24-13-11-23(12-14-24)10-9-18(19(26)27)25(16-23)21(29)30-15-17-7-5-4-6-8-17/h4-8,18H,9-16H2,1-3H3,(H,26,27)/t18-/m1/s1. The van der Waals surface area contributed by atoms with E-state index in [9.17, 15) is 19.5 Å². The molecule has 0 aliphatic carbocycles. The van der Waals surface area contributed by atoms with Crippen molar-refractivity contribution < 1.29 is 29.0 Å². The molecular formula is C23H32N2O6. The summed E-state index contributed by atoms with van der Waals surface area (Å²) >= 11 is 0. The van der Waals surface area contributed by atoms with Gasteiger partial charge in [-0.05, 0) is 57.4 Å². The number of carboxylic acids is 1. The van der Waals surface area contributed by atoms with E-state index in [1.165, 1.54) is 4.90 Å². The van der Waals surface area contributed by atoms with Gasteiger partial charge >= 0.3 is 18.2 Å². The van der Waals surface area contributed by atoms with Crippen LogP contribution in [0, 0.1) is 5.41 Å². The number of carbonyl (C=O) groups excluding carboxylic acids is 2. The molecule has 3 rings (SSSR count). The van der Waals surface area contributed by atoms with E-state index >= 15 is 0 Å². The molecule has 8 nitrogen and oxygen atoms in total. The largest absolute Gasteiger partial charge is 0.480 e. The van der Waals surface area contributed by atoms with Crippen molar-refractivity contribution in [2.75, 3.05) is 19.6 Å². The highest BCUT2D eigenvalue weighted by Crippen LogP contribution is 2.42. The molecular weight excluding hydrogens is 400 g/mol. The summed E-state index contributed by atoms with van der Waals surface area (Å²) < 4.78 is 10.9. The van der Waals surface area contributed by atoms with Crippen LogP contribution in [-0.2, 0) is 20.9 Å². The molecule has 0 radical (unpaired) electrons. The molecule has 8 heteroatoms. The van der Waals surface area contributed by atoms with Gasteiger partial charge in [-0.25, -0.2) is 14.4 Å². The summed E-state index contributed by atoms with van der Waals surface area (Å²) in [5, 5.41) is 9.63. The van der Waals surface area contributed by atoms with Gasteiger partial charge in [-0.1, -0.05) is 30.3 Å². The van der Waals surface area contributed by atoms with E-state index in [0.29, 0.717) is 45.3 Å². The topological polar surface area (TPSA) is 96.4 Å². The second kappa shape index (κ2) is 9.16. The van der Waals surface area contributed by atoms with Crippen LogP contribution in [0.4, 0.5) is 9.59 Å². The Balaban J connectivity index is 1.63. The molecule has 2 saturated heterocycles. The zero-order valence-corrected chi connectivity index (χ0v) is 18.5. The van der Waals surface area contributed by atoms with Crippen molar-refractivity contribution in [3.63, 3.8) is 0 Å². The number of hydrogen-bond donors (Lipinski definition) is 1. The summed E-state index contributed by atoms with van der Waals surface area (Å²) in [6, 6.07) is 8.41. The summed E-state index contributed by atoms with van der Waals surface area (Å²) in [6.45, 7) is 6.98. The zero-order valence-electron chi connectivity index (χ0n) is 18.5. The predicted molar refractivity (Wildman–Crippen MR) is 113 cm³/mol. The van der Waals surface area contributed by atoms with E-state index in [-0.39, 0.29) is 18.1 Å². The third-order valence-electron chi connectivity index (χ3n) is 6.03. The second-order valence-corrected chi connectivity index (χ2v) is 9.53. The fourth-order valence-electron chi connectivity index (χ4n) is 4.30. The first-order chi connectivity index (χ1) is 14.6. The number of rotatable bonds is 3. The molecule has 1 atom stereocenters. The van der Waals surface area contributed by atoms with E-state index in [1.54, 1.807) is 4.90 Å². The predicted octanol–water partition coefficient (Wildman–Crippen LogP) is 3.89. The first kappa shape index (κ1) is 22.9. The first-order valence-electron chi connectivity index (χ1n) is 10.8. The molecule has 2 aliphatic heterocycles. The van der Waals surface area contributed by atoms with Gasteiger partial charge in [0.05, 0.1) is 0 Å². The number of ether oxygens (including phenoxy) is 2. The molecule has 0 unspecified atom stereocenters. The highest BCUT2D eigenvalue weighted by Gasteiger charge is 2.46. The minimum absolute atomic E-state index is 0.0991. The number of likely N-dealkylation sites (tertiary alicyclic amines) is 2. The van der Waals surface area contributed by atoms with Gasteiger partial charge in [0.1, 0.15) is 18.2 Å². The Morgan fingerprint density at radius 3 is 2.29 bits per heavy atom. The monoisotopic (exact) mass is 432 g/mol. The number of aliphatic carboxylic acids is 1. The van der Waals surface area contributed by atoms with Gasteiger partial charge in [0.25, 0.3) is 0 Å². The van der Waals surface area contributed by atoms with Crippen LogP contribution in [-0.4, -0.2) is 64.3 Å². The maximum Gasteiger partial charge on any atom is 0.410 e. The highest BCUT2D eigenvalue weighted by atomic mass is 16.6. The Hall–Kier alpha value is -2.77. The van der Waals surface area contributed by atoms with Crippen molar-refractivity contribution in [1.82, 2.24) is 9.80 Å². The molecule has 31 heavy (non-hydrogen) atoms. The molecule has 2 heterocycles. The minimum Gasteiger partial charge on any atom is -0.480 e. The van der Waals surface area contributed by atoms with E-state index in [0.717, 1.165) is 5.56 Å². The summed E-state index contributed by atoms with van der Waals surface area (Å²) in [6.07, 6.45) is 1.53. The molecule has 2 fully saturated rings. The number of amides is 2. The summed E-state index contributed by atoms with van der Waals surface area (Å²) in [5.41, 5.74) is 0.0847. The fourth-order valence-corrected chi connectivity index (χ4v) is 4.30. The average molecular weight is 433 g/mol. The molecule has 2 aliphatic rings. The van der Waals surface area contributed by atoms with Gasteiger partial charge in [-0.3, -0.25) is 4.90 Å². The van der Waals surface area contributed by atoms with Crippen molar-refractivity contribution in [2.24, 2.45) is 5.41 Å². The number of carboxylic acid groups (broad SMARTS) is 1. The Morgan fingerprint density at radius 1 is 1.06 bits per heavy atom. The van der Waals surface area contributed by atoms with Gasteiger partial charge in [-0.2, -0.15) is 0 Å². The molecule has 2 amide bonds. The van der Waals surface area contributed by atoms with Gasteiger partial charge in [0.2, 0.25) is 0 Å². The molecule has 0 aromatic heterocycles. The normalized spacial score (nSPS) is 20.9. The van der Waals surface area contributed by atoms with Crippen molar-refractivity contribution in [1.29, 1.82) is 0 Å². The van der Waals surface area contributed by atoms with E-state index in [1.807, 2.05) is 51.1 Å². The van der Waals surface area contributed by atoms with Crippen LogP contribution in [0.1, 0.15) is 52.0 Å². The summed E-state index contributed by atoms with van der Waals surface area (Å²) in [5.74, 6) is -1.02. The summed E-state index contributed by atoms with van der Waals surface area (Å²) in [4.78, 5) is 40.0. The lowest BCUT2D eigenvalue weighted by atomic mass is 9.71. The third-order valence-corrected chi connectivity index (χ3v) is 6.03. The SMILES string of the molecule is CC(C)(C)OC(=O)N1CCC2(CC[C@H](C(=O)O)N(C(=O)OCc3ccccc3)C2)CC1. The fraction of sp³-hybridized carbons (Fsp3) is 0.609. The molecule has 1 N–H and O–H groups in total. The maximum atomic E-state index is 12.8. The van der Waals surface area contributed by atoms with E-state index < -0.39 is 23.7 Å². The van der Waals surface area contributed by atoms with E-state index in [2.05, 4.69) is 0 Å². The summed E-state index contributed by atoms with van der Waals surface area (Å²) in [7, 11) is 0. The van der Waals surface area contributed by atoms with Crippen molar-refractivity contribution in [2.45, 2.75) is 64.7 Å². The lowest BCUT2D eigenvalue weighted by Gasteiger charge is -2.48. The van der Waals surface area contributed by atoms with Gasteiger partial charge in [0, 0.05) is 19.6 Å². The number of nitrogens with zero attached hydrogens (tertiary/aromatic N) is 2. The molecule has 0 saturated carbocycles. The van der Waals surface area contributed by atoms with Crippen molar-refractivity contribution >= 4 is 18.2 Å². The Morgan fingerprint density at radius 2 is 1.71 bits per heavy atom. The van der Waals surface area contributed by atoms with Crippen molar-refractivity contribution in [3.8, 4) is 0 Å². The lowest BCUT2D eigenvalue weighted by Crippen LogP contribution is -2.57. The quantitative estimate of drug-likeness (QED) is 0.778. The van der Waals surface area contributed by atoms with E-state index in [4.69, 9.17) is 9.47 Å². The Labute approximate surface area is 183 Å². The Bertz CT molecular complexity index is 796. The highest BCUT2D eigenvalue weighted by molar-refractivity contribution is 5.80. The van der Waals surface area contributed by atoms with Crippen LogP contribution in [0.5, 0.6) is 0 Å². The van der Waals surface area contributed by atoms with Crippen LogP contribution >= 0.6 is 0 Å². The van der Waals surface area contributed by atoms with Crippen LogP contribution in [0.3, 0.4) is 0 Å². The smallest absolute Gasteiger partial charge is 0.410 e. The molecule has 1 aromatic rings. The van der Waals surface area contributed by atoms with Crippen LogP contribution in [0.25, 0.3) is 0 Å². The average Bonchev–Trinajstić information content (AvgIpc) is 2.71. The molecule has 1 spiro atoms. The number of piperidine rings is 2. The van der Waals surface area contributed by atoms with Crippen LogP contribution < -0.4 is 0 Å². The van der Waals surface area contributed by atoms with Crippen molar-refractivity contribution in [3.05, 3.63) is 35.9 Å². The van der Waals surface area contributed by atoms with Gasteiger partial charge in [-0.15, -0.1) is 0 Å². The van der Waals surface area contributed by atoms with Gasteiger partial charge < -0.3 is 19.5 Å². The number of carbonyl (C=O) groups is 3. The minimum atomic E-state index is -1.02. The molecule has 1 aromatic carbocycles. The zero-order chi connectivity index (χ0) is 22.6. The van der Waals surface area contributed by atoms with Crippen LogP contribution in [0.2, 0.25) is 0 Å². The van der Waals surface area contributed by atoms with Gasteiger partial charge in [0.15, 0.2) is 0 Å². The Kier molecular flexibility index (Phi) is 6.77. The maximum absolute atomic E-state index is 12.8. The lowest BCUT2D eigenvalue weighted by molar-refractivity contribution is -0.146. The third kappa shape index (κ3) is 5.89. The van der Waals surface area contributed by atoms with Crippen LogP contribution in [0.15, 0.2) is 30.3 Å². The number of benzene rings is 1. The molecule has 170 valence electrons. The first-order valence-corrected chi connectivity index (χ1v) is 10.8.